The zero-order valence-corrected chi connectivity index (χ0v) is 9.99. The molecule has 0 aromatic rings. The summed E-state index contributed by atoms with van der Waals surface area (Å²) in [5.74, 6) is -0.195. The van der Waals surface area contributed by atoms with Crippen LogP contribution in [0.15, 0.2) is 0 Å². The molecule has 1 heterocycles. The predicted octanol–water partition coefficient (Wildman–Crippen LogP) is 1.67. The van der Waals surface area contributed by atoms with Crippen LogP contribution in [0.2, 0.25) is 0 Å². The van der Waals surface area contributed by atoms with Crippen LogP contribution < -0.4 is 0 Å². The molecule has 3 unspecified atom stereocenters. The normalized spacial score (nSPS) is 42.4. The van der Waals surface area contributed by atoms with Crippen LogP contribution >= 0.6 is 0 Å². The van der Waals surface area contributed by atoms with Gasteiger partial charge in [0.15, 0.2) is 0 Å². The largest absolute Gasteiger partial charge is 0.459 e. The smallest absolute Gasteiger partial charge is 0.351 e. The van der Waals surface area contributed by atoms with E-state index in [0.717, 1.165) is 19.3 Å². The van der Waals surface area contributed by atoms with Crippen molar-refractivity contribution in [2.45, 2.75) is 51.7 Å². The fourth-order valence-corrected chi connectivity index (χ4v) is 2.91. The first-order valence-electron chi connectivity index (χ1n) is 5.84. The quantitative estimate of drug-likeness (QED) is 0.638. The van der Waals surface area contributed by atoms with Gasteiger partial charge >= 0.3 is 11.9 Å². The van der Waals surface area contributed by atoms with Gasteiger partial charge in [0, 0.05) is 12.8 Å². The molecule has 1 aliphatic carbocycles. The Hall–Kier alpha value is -1.06. The molecule has 2 fully saturated rings. The lowest BCUT2D eigenvalue weighted by molar-refractivity contribution is -0.172. The highest BCUT2D eigenvalue weighted by Crippen LogP contribution is 2.44. The summed E-state index contributed by atoms with van der Waals surface area (Å²) in [7, 11) is 0. The average Bonchev–Trinajstić information content (AvgIpc) is 2.37. The summed E-state index contributed by atoms with van der Waals surface area (Å²) >= 11 is 0. The van der Waals surface area contributed by atoms with Crippen LogP contribution in [0.3, 0.4) is 0 Å². The molecule has 4 heteroatoms. The Balaban J connectivity index is 2.20. The van der Waals surface area contributed by atoms with Crippen molar-refractivity contribution in [1.29, 1.82) is 0 Å². The number of fused-ring (bicyclic) bond motifs is 1. The van der Waals surface area contributed by atoms with Crippen molar-refractivity contribution in [3.63, 3.8) is 0 Å². The number of hydrogen-bond donors (Lipinski definition) is 0. The highest BCUT2D eigenvalue weighted by molar-refractivity contribution is 5.85. The maximum absolute atomic E-state index is 11.8. The lowest BCUT2D eigenvalue weighted by Gasteiger charge is -2.33. The number of esters is 2. The van der Waals surface area contributed by atoms with Crippen molar-refractivity contribution in [2.75, 3.05) is 0 Å². The third kappa shape index (κ3) is 1.70. The van der Waals surface area contributed by atoms with Crippen molar-refractivity contribution in [2.24, 2.45) is 11.8 Å². The van der Waals surface area contributed by atoms with E-state index >= 15 is 0 Å². The van der Waals surface area contributed by atoms with Crippen LogP contribution in [-0.2, 0) is 19.1 Å². The van der Waals surface area contributed by atoms with Crippen molar-refractivity contribution < 1.29 is 19.1 Å². The summed E-state index contributed by atoms with van der Waals surface area (Å²) < 4.78 is 10.5. The van der Waals surface area contributed by atoms with Gasteiger partial charge in [0.1, 0.15) is 6.10 Å². The topological polar surface area (TPSA) is 52.6 Å². The van der Waals surface area contributed by atoms with E-state index in [0.29, 0.717) is 5.92 Å². The third-order valence-corrected chi connectivity index (χ3v) is 3.78. The minimum absolute atomic E-state index is 0.0279. The molecule has 4 atom stereocenters. The Labute approximate surface area is 95.3 Å². The van der Waals surface area contributed by atoms with Crippen molar-refractivity contribution in [1.82, 2.24) is 0 Å². The molecule has 1 saturated carbocycles. The van der Waals surface area contributed by atoms with Gasteiger partial charge in [0.2, 0.25) is 5.60 Å². The minimum atomic E-state index is -1.06. The van der Waals surface area contributed by atoms with Gasteiger partial charge in [-0.05, 0) is 25.7 Å². The van der Waals surface area contributed by atoms with E-state index in [1.807, 2.05) is 0 Å². The molecule has 2 aliphatic rings. The van der Waals surface area contributed by atoms with E-state index in [1.165, 1.54) is 6.92 Å². The molecule has 4 nitrogen and oxygen atoms in total. The molecule has 0 N–H and O–H groups in total. The van der Waals surface area contributed by atoms with Crippen molar-refractivity contribution >= 4 is 11.9 Å². The Kier molecular flexibility index (Phi) is 2.68. The van der Waals surface area contributed by atoms with E-state index in [2.05, 4.69) is 6.92 Å². The monoisotopic (exact) mass is 226 g/mol. The molecule has 0 aromatic carbocycles. The molecule has 1 aliphatic heterocycles. The molecule has 2 rings (SSSR count). The second-order valence-corrected chi connectivity index (χ2v) is 5.17. The van der Waals surface area contributed by atoms with Crippen molar-refractivity contribution in [3.05, 3.63) is 0 Å². The number of hydrogen-bond acceptors (Lipinski definition) is 4. The van der Waals surface area contributed by atoms with Gasteiger partial charge in [-0.3, -0.25) is 4.79 Å². The van der Waals surface area contributed by atoms with Crippen LogP contribution in [0.1, 0.15) is 40.0 Å². The molecule has 16 heavy (non-hydrogen) atoms. The zero-order valence-electron chi connectivity index (χ0n) is 9.99. The molecule has 1 saturated heterocycles. The van der Waals surface area contributed by atoms with Gasteiger partial charge in [-0.25, -0.2) is 4.79 Å². The predicted molar refractivity (Wildman–Crippen MR) is 56.6 cm³/mol. The van der Waals surface area contributed by atoms with Crippen LogP contribution in [-0.4, -0.2) is 23.6 Å². The maximum Gasteiger partial charge on any atom is 0.351 e. The van der Waals surface area contributed by atoms with Crippen LogP contribution in [0.25, 0.3) is 0 Å². The highest BCUT2D eigenvalue weighted by Gasteiger charge is 2.57. The number of rotatable bonds is 1. The summed E-state index contributed by atoms with van der Waals surface area (Å²) in [5, 5.41) is 0. The molecule has 0 bridgehead atoms. The van der Waals surface area contributed by atoms with E-state index in [1.54, 1.807) is 6.92 Å². The Morgan fingerprint density at radius 1 is 1.50 bits per heavy atom. The molecule has 90 valence electrons. The second-order valence-electron chi connectivity index (χ2n) is 5.17. The number of carbonyl (C=O) groups is 2. The molecule has 0 amide bonds. The fourth-order valence-electron chi connectivity index (χ4n) is 2.91. The fraction of sp³-hybridized carbons (Fsp3) is 0.833. The minimum Gasteiger partial charge on any atom is -0.459 e. The van der Waals surface area contributed by atoms with Gasteiger partial charge in [-0.1, -0.05) is 13.3 Å². The van der Waals surface area contributed by atoms with E-state index in [4.69, 9.17) is 9.47 Å². The Morgan fingerprint density at radius 2 is 2.19 bits per heavy atom. The molecule has 0 spiro atoms. The van der Waals surface area contributed by atoms with Gasteiger partial charge in [-0.15, -0.1) is 0 Å². The first-order valence-corrected chi connectivity index (χ1v) is 5.84. The summed E-state index contributed by atoms with van der Waals surface area (Å²) in [4.78, 5) is 22.9. The van der Waals surface area contributed by atoms with Crippen LogP contribution in [0.5, 0.6) is 0 Å². The SMILES string of the molecule is CC(=O)OC1(C)C(=O)OC2CC(C)CC[C@H]21. The number of ether oxygens (including phenoxy) is 2. The molecule has 0 aromatic heterocycles. The maximum atomic E-state index is 11.8. The summed E-state index contributed by atoms with van der Waals surface area (Å²) in [6.45, 7) is 5.17. The standard InChI is InChI=1S/C12H18O4/c1-7-4-5-9-10(6-7)15-11(14)12(9,3)16-8(2)13/h7,9-10H,4-6H2,1-3H3/t7?,9-,10?,12?/m1/s1. The summed E-state index contributed by atoms with van der Waals surface area (Å²) in [6.07, 6.45) is 2.77. The lowest BCUT2D eigenvalue weighted by atomic mass is 9.74. The van der Waals surface area contributed by atoms with Gasteiger partial charge < -0.3 is 9.47 Å². The zero-order chi connectivity index (χ0) is 11.9. The summed E-state index contributed by atoms with van der Waals surface area (Å²) in [5.41, 5.74) is -1.06. The second kappa shape index (κ2) is 3.75. The molecular formula is C12H18O4. The molecular weight excluding hydrogens is 208 g/mol. The first-order chi connectivity index (χ1) is 7.43. The van der Waals surface area contributed by atoms with Gasteiger partial charge in [0.05, 0.1) is 0 Å². The Bertz CT molecular complexity index is 325. The number of carbonyl (C=O) groups excluding carboxylic acids is 2. The first kappa shape index (κ1) is 11.4. The molecule has 0 radical (unpaired) electrons. The van der Waals surface area contributed by atoms with Gasteiger partial charge in [-0.2, -0.15) is 0 Å². The lowest BCUT2D eigenvalue weighted by Crippen LogP contribution is -2.44. The highest BCUT2D eigenvalue weighted by atomic mass is 16.6. The summed E-state index contributed by atoms with van der Waals surface area (Å²) in [6, 6.07) is 0. The van der Waals surface area contributed by atoms with Crippen molar-refractivity contribution in [3.8, 4) is 0 Å². The van der Waals surface area contributed by atoms with Crippen LogP contribution in [0.4, 0.5) is 0 Å². The van der Waals surface area contributed by atoms with E-state index in [-0.39, 0.29) is 18.0 Å². The third-order valence-electron chi connectivity index (χ3n) is 3.78. The Morgan fingerprint density at radius 3 is 2.81 bits per heavy atom. The van der Waals surface area contributed by atoms with E-state index in [9.17, 15) is 9.59 Å². The van der Waals surface area contributed by atoms with Crippen LogP contribution in [0, 0.1) is 11.8 Å². The average molecular weight is 226 g/mol. The van der Waals surface area contributed by atoms with E-state index < -0.39 is 11.6 Å². The van der Waals surface area contributed by atoms with Gasteiger partial charge in [0.25, 0.3) is 0 Å².